The Morgan fingerprint density at radius 2 is 2.22 bits per heavy atom. The van der Waals surface area contributed by atoms with Gasteiger partial charge in [0.25, 0.3) is 5.88 Å². The highest BCUT2D eigenvalue weighted by Gasteiger charge is 2.03. The molecule has 1 rings (SSSR count). The Hall–Kier alpha value is -1.19. The number of hydrogen-bond donors (Lipinski definition) is 1. The molecule has 1 aromatic rings. The molecule has 4 heteroatoms. The van der Waals surface area contributed by atoms with E-state index in [0.717, 1.165) is 6.33 Å². The minimum atomic E-state index is -0.752. The maximum Gasteiger partial charge on any atom is 0.251 e. The first-order valence-corrected chi connectivity index (χ1v) is 2.38. The molecule has 48 valence electrons. The van der Waals surface area contributed by atoms with Crippen LogP contribution >= 0.6 is 0 Å². The Morgan fingerprint density at radius 1 is 1.56 bits per heavy atom. The molecular formula is C5H5FN2O. The summed E-state index contributed by atoms with van der Waals surface area (Å²) in [7, 11) is 0. The van der Waals surface area contributed by atoms with E-state index in [0.29, 0.717) is 0 Å². The molecule has 9 heavy (non-hydrogen) atoms. The van der Waals surface area contributed by atoms with Gasteiger partial charge in [0.1, 0.15) is 6.33 Å². The Balaban J connectivity index is 3.25. The molecule has 0 saturated heterocycles. The summed E-state index contributed by atoms with van der Waals surface area (Å²) in [6.07, 6.45) is 1.10. The van der Waals surface area contributed by atoms with Crippen molar-refractivity contribution in [2.75, 3.05) is 0 Å². The summed E-state index contributed by atoms with van der Waals surface area (Å²) in [6, 6.07) is 0. The molecule has 0 aliphatic rings. The summed E-state index contributed by atoms with van der Waals surface area (Å²) in [4.78, 5) is 6.70. The molecule has 1 heterocycles. The molecule has 1 N–H and O–H groups in total. The average Bonchev–Trinajstić information content (AvgIpc) is 1.83. The number of halogens is 1. The van der Waals surface area contributed by atoms with Crippen LogP contribution in [0.25, 0.3) is 0 Å². The predicted molar refractivity (Wildman–Crippen MR) is 28.4 cm³/mol. The molecule has 0 aromatic carbocycles. The molecular weight excluding hydrogens is 123 g/mol. The van der Waals surface area contributed by atoms with Crippen LogP contribution in [0.2, 0.25) is 0 Å². The van der Waals surface area contributed by atoms with Crippen LogP contribution in [-0.4, -0.2) is 15.1 Å². The molecule has 3 nitrogen and oxygen atoms in total. The highest BCUT2D eigenvalue weighted by molar-refractivity contribution is 5.13. The predicted octanol–water partition coefficient (Wildman–Crippen LogP) is 0.630. The second kappa shape index (κ2) is 1.97. The zero-order valence-electron chi connectivity index (χ0n) is 4.80. The number of aromatic hydroxyl groups is 1. The van der Waals surface area contributed by atoms with Gasteiger partial charge in [-0.05, 0) is 6.92 Å². The summed E-state index contributed by atoms with van der Waals surface area (Å²) >= 11 is 0. The fourth-order valence-corrected chi connectivity index (χ4v) is 0.445. The summed E-state index contributed by atoms with van der Waals surface area (Å²) < 4.78 is 12.4. The number of nitrogens with zero attached hydrogens (tertiary/aromatic N) is 2. The fraction of sp³-hybridized carbons (Fsp3) is 0.200. The highest BCUT2D eigenvalue weighted by atomic mass is 19.1. The number of hydrogen-bond acceptors (Lipinski definition) is 3. The van der Waals surface area contributed by atoms with E-state index >= 15 is 0 Å². The molecule has 0 bridgehead atoms. The fourth-order valence-electron chi connectivity index (χ4n) is 0.445. The van der Waals surface area contributed by atoms with Crippen LogP contribution in [0.3, 0.4) is 0 Å². The topological polar surface area (TPSA) is 46.0 Å². The zero-order valence-corrected chi connectivity index (χ0v) is 4.80. The van der Waals surface area contributed by atoms with Gasteiger partial charge in [-0.25, -0.2) is 4.98 Å². The van der Waals surface area contributed by atoms with Crippen LogP contribution in [0.1, 0.15) is 5.69 Å². The Labute approximate surface area is 51.2 Å². The zero-order chi connectivity index (χ0) is 6.85. The first-order chi connectivity index (χ1) is 4.22. The Kier molecular flexibility index (Phi) is 1.30. The van der Waals surface area contributed by atoms with Gasteiger partial charge < -0.3 is 5.11 Å². The monoisotopic (exact) mass is 128 g/mol. The molecule has 0 atom stereocenters. The number of rotatable bonds is 0. The quantitative estimate of drug-likeness (QED) is 0.557. The lowest BCUT2D eigenvalue weighted by molar-refractivity contribution is 0.405. The second-order valence-corrected chi connectivity index (χ2v) is 1.60. The van der Waals surface area contributed by atoms with Crippen molar-refractivity contribution in [3.05, 3.63) is 17.8 Å². The SMILES string of the molecule is Cc1ncnc(O)c1F. The van der Waals surface area contributed by atoms with Crippen LogP contribution in [0.15, 0.2) is 6.33 Å². The van der Waals surface area contributed by atoms with E-state index in [9.17, 15) is 4.39 Å². The van der Waals surface area contributed by atoms with Gasteiger partial charge in [-0.1, -0.05) is 0 Å². The van der Waals surface area contributed by atoms with Crippen molar-refractivity contribution in [2.24, 2.45) is 0 Å². The maximum absolute atomic E-state index is 12.4. The summed E-state index contributed by atoms with van der Waals surface area (Å²) in [5.74, 6) is -1.35. The molecule has 0 saturated carbocycles. The largest absolute Gasteiger partial charge is 0.491 e. The van der Waals surface area contributed by atoms with Gasteiger partial charge in [0, 0.05) is 0 Å². The lowest BCUT2D eigenvalue weighted by Crippen LogP contribution is -1.89. The van der Waals surface area contributed by atoms with E-state index in [1.54, 1.807) is 0 Å². The third kappa shape index (κ3) is 0.960. The minimum absolute atomic E-state index is 0.155. The van der Waals surface area contributed by atoms with Gasteiger partial charge in [-0.2, -0.15) is 9.37 Å². The van der Waals surface area contributed by atoms with Crippen molar-refractivity contribution >= 4 is 0 Å². The molecule has 0 radical (unpaired) electrons. The van der Waals surface area contributed by atoms with Gasteiger partial charge in [-0.15, -0.1) is 0 Å². The van der Waals surface area contributed by atoms with Crippen LogP contribution < -0.4 is 0 Å². The lowest BCUT2D eigenvalue weighted by atomic mass is 10.4. The van der Waals surface area contributed by atoms with Crippen molar-refractivity contribution in [2.45, 2.75) is 6.92 Å². The standard InChI is InChI=1S/C5H5FN2O/c1-3-4(6)5(9)8-2-7-3/h2H,1H3,(H,7,8,9). The Bertz CT molecular complexity index is 206. The number of aromatic nitrogens is 2. The van der Waals surface area contributed by atoms with E-state index in [4.69, 9.17) is 5.11 Å². The van der Waals surface area contributed by atoms with E-state index in [1.807, 2.05) is 0 Å². The van der Waals surface area contributed by atoms with Gasteiger partial charge in [-0.3, -0.25) is 0 Å². The lowest BCUT2D eigenvalue weighted by Gasteiger charge is -1.93. The van der Waals surface area contributed by atoms with Gasteiger partial charge >= 0.3 is 0 Å². The molecule has 0 amide bonds. The maximum atomic E-state index is 12.4. The van der Waals surface area contributed by atoms with Gasteiger partial charge in [0.2, 0.25) is 5.82 Å². The van der Waals surface area contributed by atoms with Crippen molar-refractivity contribution in [1.29, 1.82) is 0 Å². The third-order valence-corrected chi connectivity index (χ3v) is 0.945. The van der Waals surface area contributed by atoms with Crippen molar-refractivity contribution in [3.8, 4) is 5.88 Å². The van der Waals surface area contributed by atoms with Gasteiger partial charge in [0.05, 0.1) is 5.69 Å². The van der Waals surface area contributed by atoms with Crippen molar-refractivity contribution in [3.63, 3.8) is 0 Å². The molecule has 0 spiro atoms. The van der Waals surface area contributed by atoms with E-state index in [2.05, 4.69) is 9.97 Å². The summed E-state index contributed by atoms with van der Waals surface area (Å²) in [6.45, 7) is 1.46. The van der Waals surface area contributed by atoms with Crippen molar-refractivity contribution in [1.82, 2.24) is 9.97 Å². The smallest absolute Gasteiger partial charge is 0.251 e. The molecule has 0 fully saturated rings. The second-order valence-electron chi connectivity index (χ2n) is 1.60. The summed E-state index contributed by atoms with van der Waals surface area (Å²) in [5.41, 5.74) is 0.155. The molecule has 1 aromatic heterocycles. The molecule has 0 aliphatic carbocycles. The van der Waals surface area contributed by atoms with E-state index in [-0.39, 0.29) is 5.69 Å². The normalized spacial score (nSPS) is 9.56. The minimum Gasteiger partial charge on any atom is -0.491 e. The molecule has 0 unspecified atom stereocenters. The van der Waals surface area contributed by atoms with E-state index in [1.165, 1.54) is 6.92 Å². The first-order valence-electron chi connectivity index (χ1n) is 2.38. The summed E-state index contributed by atoms with van der Waals surface area (Å²) in [5, 5.41) is 8.57. The van der Waals surface area contributed by atoms with Gasteiger partial charge in [0.15, 0.2) is 0 Å². The Morgan fingerprint density at radius 3 is 2.67 bits per heavy atom. The van der Waals surface area contributed by atoms with Crippen LogP contribution in [0, 0.1) is 12.7 Å². The third-order valence-electron chi connectivity index (χ3n) is 0.945. The van der Waals surface area contributed by atoms with Crippen LogP contribution in [0.4, 0.5) is 4.39 Å². The first kappa shape index (κ1) is 5.94. The van der Waals surface area contributed by atoms with Crippen LogP contribution in [0.5, 0.6) is 5.88 Å². The number of aryl methyl sites for hydroxylation is 1. The average molecular weight is 128 g/mol. The highest BCUT2D eigenvalue weighted by Crippen LogP contribution is 2.10. The van der Waals surface area contributed by atoms with E-state index < -0.39 is 11.7 Å². The van der Waals surface area contributed by atoms with Crippen molar-refractivity contribution < 1.29 is 9.50 Å². The molecule has 0 aliphatic heterocycles. The van der Waals surface area contributed by atoms with Crippen LogP contribution in [-0.2, 0) is 0 Å².